The van der Waals surface area contributed by atoms with Gasteiger partial charge in [-0.1, -0.05) is 33.3 Å². The average Bonchev–Trinajstić information content (AvgIpc) is 2.03. The Labute approximate surface area is 77.6 Å². The van der Waals surface area contributed by atoms with E-state index in [0.717, 1.165) is 0 Å². The molecule has 0 aromatic heterocycles. The lowest BCUT2D eigenvalue weighted by Crippen LogP contribution is -2.03. The molecule has 0 aromatic rings. The van der Waals surface area contributed by atoms with Gasteiger partial charge in [-0.25, -0.2) is 0 Å². The maximum absolute atomic E-state index is 4.17. The van der Waals surface area contributed by atoms with Crippen LogP contribution in [-0.2, 0) is 0 Å². The summed E-state index contributed by atoms with van der Waals surface area (Å²) in [6.07, 6.45) is 2.13. The van der Waals surface area contributed by atoms with Crippen molar-refractivity contribution in [1.29, 1.82) is 0 Å². The third kappa shape index (κ3) is 7.52. The Morgan fingerprint density at radius 3 is 1.67 bits per heavy atom. The van der Waals surface area contributed by atoms with E-state index in [-0.39, 0.29) is 0 Å². The lowest BCUT2D eigenvalue weighted by Gasteiger charge is -2.03. The summed E-state index contributed by atoms with van der Waals surface area (Å²) in [5.74, 6) is 0.542. The van der Waals surface area contributed by atoms with Crippen molar-refractivity contribution in [3.05, 3.63) is 11.6 Å². The molecule has 0 fully saturated rings. The van der Waals surface area contributed by atoms with E-state index in [1.165, 1.54) is 11.3 Å². The molecule has 0 rings (SSSR count). The maximum atomic E-state index is 4.17. The highest BCUT2D eigenvalue weighted by Gasteiger charge is 1.98. The van der Waals surface area contributed by atoms with Crippen molar-refractivity contribution in [3.63, 3.8) is 0 Å². The topological polar surface area (TPSA) is 12.4 Å². The number of aliphatic imine (C=N–C) groups is 1. The Bertz CT molecular complexity index is 148. The molecule has 72 valence electrons. The second kappa shape index (κ2) is 8.51. The van der Waals surface area contributed by atoms with Crippen molar-refractivity contribution in [1.82, 2.24) is 0 Å². The molecule has 12 heavy (non-hydrogen) atoms. The molecular formula is C11H23N. The van der Waals surface area contributed by atoms with Crippen LogP contribution in [0.5, 0.6) is 0 Å². The van der Waals surface area contributed by atoms with E-state index in [2.05, 4.69) is 38.8 Å². The smallest absolute Gasteiger partial charge is 0.0369 e. The number of allylic oxidation sites excluding steroid dienone is 2. The summed E-state index contributed by atoms with van der Waals surface area (Å²) in [6, 6.07) is 0. The van der Waals surface area contributed by atoms with Crippen LogP contribution in [0.4, 0.5) is 0 Å². The second-order valence-corrected chi connectivity index (χ2v) is 3.02. The van der Waals surface area contributed by atoms with E-state index < -0.39 is 0 Å². The van der Waals surface area contributed by atoms with Crippen LogP contribution >= 0.6 is 0 Å². The first-order chi connectivity index (χ1) is 5.57. The minimum absolute atomic E-state index is 0.542. The molecule has 0 saturated carbocycles. The lowest BCUT2D eigenvalue weighted by molar-refractivity contribution is 0.885. The van der Waals surface area contributed by atoms with Gasteiger partial charge >= 0.3 is 0 Å². The molecule has 0 unspecified atom stereocenters. The van der Waals surface area contributed by atoms with E-state index in [4.69, 9.17) is 0 Å². The third-order valence-electron chi connectivity index (χ3n) is 1.29. The van der Waals surface area contributed by atoms with Crippen LogP contribution in [-0.4, -0.2) is 12.8 Å². The largest absolute Gasteiger partial charge is 0.293 e. The Balaban J connectivity index is 0. The Kier molecular flexibility index (Phi) is 9.90. The van der Waals surface area contributed by atoms with Gasteiger partial charge in [0.15, 0.2) is 0 Å². The van der Waals surface area contributed by atoms with Crippen molar-refractivity contribution in [2.75, 3.05) is 7.05 Å². The number of hydrogen-bond acceptors (Lipinski definition) is 1. The van der Waals surface area contributed by atoms with Crippen molar-refractivity contribution in [2.24, 2.45) is 10.9 Å². The zero-order valence-corrected chi connectivity index (χ0v) is 9.60. The molecule has 0 aromatic carbocycles. The summed E-state index contributed by atoms with van der Waals surface area (Å²) in [5, 5.41) is 0. The molecule has 0 spiro atoms. The Morgan fingerprint density at radius 1 is 1.17 bits per heavy atom. The summed E-state index contributed by atoms with van der Waals surface area (Å²) in [6.45, 7) is 12.5. The predicted molar refractivity (Wildman–Crippen MR) is 59.0 cm³/mol. The Hall–Kier alpha value is -0.590. The molecule has 0 amide bonds. The van der Waals surface area contributed by atoms with E-state index in [0.29, 0.717) is 5.92 Å². The molecule has 0 aliphatic heterocycles. The van der Waals surface area contributed by atoms with Crippen LogP contribution in [0.1, 0.15) is 41.5 Å². The Morgan fingerprint density at radius 2 is 1.58 bits per heavy atom. The normalized spacial score (nSPS) is 10.5. The second-order valence-electron chi connectivity index (χ2n) is 3.02. The molecule has 1 heteroatoms. The molecule has 0 saturated heterocycles. The van der Waals surface area contributed by atoms with Gasteiger partial charge in [0.2, 0.25) is 0 Å². The van der Waals surface area contributed by atoms with Gasteiger partial charge in [0.05, 0.1) is 0 Å². The maximum Gasteiger partial charge on any atom is 0.0369 e. The van der Waals surface area contributed by atoms with Gasteiger partial charge in [0, 0.05) is 12.8 Å². The average molecular weight is 169 g/mol. The lowest BCUT2D eigenvalue weighted by atomic mass is 10.1. The van der Waals surface area contributed by atoms with Crippen LogP contribution in [0.2, 0.25) is 0 Å². The van der Waals surface area contributed by atoms with Crippen LogP contribution in [0.3, 0.4) is 0 Å². The summed E-state index contributed by atoms with van der Waals surface area (Å²) in [7, 11) is 1.84. The van der Waals surface area contributed by atoms with E-state index >= 15 is 0 Å². The minimum Gasteiger partial charge on any atom is -0.293 e. The highest BCUT2D eigenvalue weighted by Crippen LogP contribution is 2.01. The van der Waals surface area contributed by atoms with Crippen LogP contribution < -0.4 is 0 Å². The van der Waals surface area contributed by atoms with Gasteiger partial charge < -0.3 is 0 Å². The van der Waals surface area contributed by atoms with Gasteiger partial charge in [0.1, 0.15) is 0 Å². The third-order valence-corrected chi connectivity index (χ3v) is 1.29. The van der Waals surface area contributed by atoms with Crippen molar-refractivity contribution < 1.29 is 0 Å². The van der Waals surface area contributed by atoms with Gasteiger partial charge in [0.25, 0.3) is 0 Å². The molecule has 0 N–H and O–H groups in total. The first kappa shape index (κ1) is 14.0. The fraction of sp³-hybridized carbons (Fsp3) is 0.727. The van der Waals surface area contributed by atoms with Gasteiger partial charge in [-0.3, -0.25) is 4.99 Å². The molecule has 1 nitrogen and oxygen atoms in total. The van der Waals surface area contributed by atoms with Gasteiger partial charge in [-0.05, 0) is 25.8 Å². The van der Waals surface area contributed by atoms with Crippen molar-refractivity contribution >= 4 is 5.71 Å². The highest BCUT2D eigenvalue weighted by molar-refractivity contribution is 5.96. The zero-order chi connectivity index (χ0) is 10.1. The number of nitrogens with zero attached hydrogens (tertiary/aromatic N) is 1. The van der Waals surface area contributed by atoms with Gasteiger partial charge in [-0.2, -0.15) is 0 Å². The summed E-state index contributed by atoms with van der Waals surface area (Å²) in [5.41, 5.74) is 2.49. The van der Waals surface area contributed by atoms with Crippen LogP contribution in [0, 0.1) is 5.92 Å². The van der Waals surface area contributed by atoms with Crippen molar-refractivity contribution in [2.45, 2.75) is 41.5 Å². The summed E-state index contributed by atoms with van der Waals surface area (Å²) < 4.78 is 0. The molecule has 0 bridgehead atoms. The molecule has 0 aliphatic carbocycles. The van der Waals surface area contributed by atoms with E-state index in [1.54, 1.807) is 0 Å². The summed E-state index contributed by atoms with van der Waals surface area (Å²) in [4.78, 5) is 4.17. The predicted octanol–water partition coefficient (Wildman–Crippen LogP) is 3.71. The molecule has 0 heterocycles. The zero-order valence-electron chi connectivity index (χ0n) is 9.60. The molecule has 0 atom stereocenters. The number of rotatable bonds is 2. The van der Waals surface area contributed by atoms with Crippen molar-refractivity contribution in [3.8, 4) is 0 Å². The van der Waals surface area contributed by atoms with E-state index in [1.807, 2.05) is 20.9 Å². The fourth-order valence-corrected chi connectivity index (χ4v) is 0.785. The summed E-state index contributed by atoms with van der Waals surface area (Å²) >= 11 is 0. The van der Waals surface area contributed by atoms with E-state index in [9.17, 15) is 0 Å². The quantitative estimate of drug-likeness (QED) is 0.559. The van der Waals surface area contributed by atoms with Crippen LogP contribution in [0.25, 0.3) is 0 Å². The SMILES string of the molecule is CC.CN=C(C=C(C)C)C(C)C. The molecule has 0 radical (unpaired) electrons. The molecule has 0 aliphatic rings. The number of hydrogen-bond donors (Lipinski definition) is 0. The minimum atomic E-state index is 0.542. The monoisotopic (exact) mass is 169 g/mol. The highest BCUT2D eigenvalue weighted by atomic mass is 14.7. The first-order valence-corrected chi connectivity index (χ1v) is 4.69. The van der Waals surface area contributed by atoms with Crippen LogP contribution in [0.15, 0.2) is 16.6 Å². The fourth-order valence-electron chi connectivity index (χ4n) is 0.785. The van der Waals surface area contributed by atoms with Gasteiger partial charge in [-0.15, -0.1) is 0 Å². The standard InChI is InChI=1S/C9H17N.C2H6/c1-7(2)6-9(10-5)8(3)4;1-2/h6,8H,1-5H3;1-2H3. The molecular weight excluding hydrogens is 146 g/mol. The first-order valence-electron chi connectivity index (χ1n) is 4.69.